The third-order valence-electron chi connectivity index (χ3n) is 4.12. The Morgan fingerprint density at radius 2 is 1.73 bits per heavy atom. The van der Waals surface area contributed by atoms with Gasteiger partial charge < -0.3 is 9.15 Å². The number of methoxy groups -OCH3 is 1. The van der Waals surface area contributed by atoms with E-state index in [0.29, 0.717) is 11.3 Å². The molecule has 0 fully saturated rings. The number of primary sulfonamides is 1. The fraction of sp³-hybridized carbons (Fsp3) is 0.200. The normalized spacial score (nSPS) is 11.5. The molecule has 0 aliphatic rings. The number of benzene rings is 2. The van der Waals surface area contributed by atoms with Gasteiger partial charge in [-0.2, -0.15) is 0 Å². The Balaban J connectivity index is 2.21. The van der Waals surface area contributed by atoms with E-state index in [0.717, 1.165) is 35.5 Å². The van der Waals surface area contributed by atoms with Gasteiger partial charge in [-0.1, -0.05) is 31.2 Å². The fourth-order valence-corrected chi connectivity index (χ4v) is 3.63. The van der Waals surface area contributed by atoms with Crippen molar-refractivity contribution in [2.24, 2.45) is 5.14 Å². The monoisotopic (exact) mass is 371 g/mol. The van der Waals surface area contributed by atoms with Gasteiger partial charge in [0.05, 0.1) is 12.0 Å². The van der Waals surface area contributed by atoms with E-state index < -0.39 is 10.0 Å². The summed E-state index contributed by atoms with van der Waals surface area (Å²) in [5.74, 6) is 2.05. The number of aryl methyl sites for hydroxylation is 1. The van der Waals surface area contributed by atoms with E-state index in [1.807, 2.05) is 30.3 Å². The first-order valence-corrected chi connectivity index (χ1v) is 9.88. The molecule has 3 aromatic rings. The highest BCUT2D eigenvalue weighted by Crippen LogP contribution is 2.38. The Morgan fingerprint density at radius 1 is 1.04 bits per heavy atom. The van der Waals surface area contributed by atoms with Gasteiger partial charge in [-0.3, -0.25) is 0 Å². The van der Waals surface area contributed by atoms with Gasteiger partial charge in [0.15, 0.2) is 0 Å². The van der Waals surface area contributed by atoms with Crippen LogP contribution in [0, 0.1) is 0 Å². The zero-order chi connectivity index (χ0) is 18.7. The molecule has 0 saturated carbocycles. The van der Waals surface area contributed by atoms with Gasteiger partial charge in [0.25, 0.3) is 0 Å². The van der Waals surface area contributed by atoms with E-state index in [4.69, 9.17) is 14.3 Å². The largest absolute Gasteiger partial charge is 0.497 e. The molecule has 2 N–H and O–H groups in total. The summed E-state index contributed by atoms with van der Waals surface area (Å²) in [5, 5.41) is 5.40. The number of sulfonamides is 1. The predicted molar refractivity (Wildman–Crippen MR) is 102 cm³/mol. The van der Waals surface area contributed by atoms with Crippen LogP contribution in [0.1, 0.15) is 19.1 Å². The smallest absolute Gasteiger partial charge is 0.238 e. The molecular weight excluding hydrogens is 350 g/mol. The second kappa shape index (κ2) is 7.35. The van der Waals surface area contributed by atoms with E-state index >= 15 is 0 Å². The molecule has 0 aliphatic carbocycles. The highest BCUT2D eigenvalue weighted by Gasteiger charge is 2.21. The maximum Gasteiger partial charge on any atom is 0.238 e. The van der Waals surface area contributed by atoms with Crippen molar-refractivity contribution in [3.05, 3.63) is 60.4 Å². The molecule has 0 atom stereocenters. The van der Waals surface area contributed by atoms with Crippen molar-refractivity contribution in [1.29, 1.82) is 0 Å². The van der Waals surface area contributed by atoms with Crippen LogP contribution < -0.4 is 9.88 Å². The first-order valence-electron chi connectivity index (χ1n) is 8.33. The molecule has 0 unspecified atom stereocenters. The second-order valence-electron chi connectivity index (χ2n) is 5.98. The Kier molecular flexibility index (Phi) is 5.15. The molecule has 2 aromatic carbocycles. The zero-order valence-electron chi connectivity index (χ0n) is 14.7. The third kappa shape index (κ3) is 3.66. The van der Waals surface area contributed by atoms with Gasteiger partial charge in [0.1, 0.15) is 17.3 Å². The maximum atomic E-state index is 12.0. The Hall–Kier alpha value is -2.57. The molecule has 1 heterocycles. The Morgan fingerprint density at radius 3 is 2.35 bits per heavy atom. The van der Waals surface area contributed by atoms with Crippen LogP contribution in [0.15, 0.2) is 63.9 Å². The van der Waals surface area contributed by atoms with Crippen LogP contribution in [-0.2, 0) is 16.4 Å². The van der Waals surface area contributed by atoms with Gasteiger partial charge in [0.2, 0.25) is 10.0 Å². The molecule has 0 saturated heterocycles. The van der Waals surface area contributed by atoms with Crippen LogP contribution >= 0.6 is 0 Å². The first-order chi connectivity index (χ1) is 12.4. The summed E-state index contributed by atoms with van der Waals surface area (Å²) in [6.45, 7) is 2.06. The molecule has 0 amide bonds. The number of furan rings is 1. The molecule has 6 heteroatoms. The summed E-state index contributed by atoms with van der Waals surface area (Å²) in [7, 11) is -2.26. The number of rotatable bonds is 6. The summed E-state index contributed by atoms with van der Waals surface area (Å²) < 4.78 is 35.3. The van der Waals surface area contributed by atoms with Gasteiger partial charge in [-0.15, -0.1) is 0 Å². The molecule has 0 aliphatic heterocycles. The standard InChI is InChI=1S/C20H21NO4S/c1-3-6-16-13-18(14-9-11-15(24-2)12-10-14)20(25-16)17-7-4-5-8-19(17)26(21,22)23/h4-5,7-13H,3,6H2,1-2H3,(H2,21,22,23). The molecule has 3 rings (SSSR count). The molecule has 136 valence electrons. The zero-order valence-corrected chi connectivity index (χ0v) is 15.5. The molecule has 1 aromatic heterocycles. The lowest BCUT2D eigenvalue weighted by molar-refractivity contribution is 0.415. The van der Waals surface area contributed by atoms with Crippen molar-refractivity contribution in [3.63, 3.8) is 0 Å². The Labute approximate surface area is 153 Å². The average molecular weight is 371 g/mol. The van der Waals surface area contributed by atoms with Gasteiger partial charge in [-0.05, 0) is 42.3 Å². The molecule has 0 radical (unpaired) electrons. The van der Waals surface area contributed by atoms with Crippen LogP contribution in [0.4, 0.5) is 0 Å². The first kappa shape index (κ1) is 18.2. The van der Waals surface area contributed by atoms with Crippen molar-refractivity contribution < 1.29 is 17.6 Å². The van der Waals surface area contributed by atoms with Crippen LogP contribution in [0.3, 0.4) is 0 Å². The van der Waals surface area contributed by atoms with Crippen LogP contribution in [0.25, 0.3) is 22.5 Å². The number of hydrogen-bond donors (Lipinski definition) is 1. The number of ether oxygens (including phenoxy) is 1. The molecular formula is C20H21NO4S. The van der Waals surface area contributed by atoms with Crippen LogP contribution in [-0.4, -0.2) is 15.5 Å². The summed E-state index contributed by atoms with van der Waals surface area (Å²) in [5.41, 5.74) is 2.20. The highest BCUT2D eigenvalue weighted by molar-refractivity contribution is 7.89. The number of nitrogens with two attached hydrogens (primary N) is 1. The Bertz CT molecular complexity index is 1000. The van der Waals surface area contributed by atoms with Crippen molar-refractivity contribution in [1.82, 2.24) is 0 Å². The van der Waals surface area contributed by atoms with E-state index in [9.17, 15) is 8.42 Å². The minimum Gasteiger partial charge on any atom is -0.497 e. The second-order valence-corrected chi connectivity index (χ2v) is 7.51. The predicted octanol–water partition coefficient (Wildman–Crippen LogP) is 4.22. The van der Waals surface area contributed by atoms with Crippen molar-refractivity contribution in [3.8, 4) is 28.2 Å². The van der Waals surface area contributed by atoms with Crippen LogP contribution in [0.5, 0.6) is 5.75 Å². The highest BCUT2D eigenvalue weighted by atomic mass is 32.2. The minimum atomic E-state index is -3.87. The van der Waals surface area contributed by atoms with E-state index in [1.54, 1.807) is 25.3 Å². The van der Waals surface area contributed by atoms with Crippen molar-refractivity contribution in [2.45, 2.75) is 24.7 Å². The maximum absolute atomic E-state index is 12.0. The third-order valence-corrected chi connectivity index (χ3v) is 5.09. The fourth-order valence-electron chi connectivity index (χ4n) is 2.90. The summed E-state index contributed by atoms with van der Waals surface area (Å²) in [6.07, 6.45) is 1.69. The van der Waals surface area contributed by atoms with Crippen molar-refractivity contribution >= 4 is 10.0 Å². The summed E-state index contributed by atoms with van der Waals surface area (Å²) >= 11 is 0. The SMILES string of the molecule is CCCc1cc(-c2ccc(OC)cc2)c(-c2ccccc2S(N)(=O)=O)o1. The van der Waals surface area contributed by atoms with Gasteiger partial charge in [0, 0.05) is 17.5 Å². The van der Waals surface area contributed by atoms with E-state index in [1.165, 1.54) is 6.07 Å². The molecule has 26 heavy (non-hydrogen) atoms. The van der Waals surface area contributed by atoms with E-state index in [-0.39, 0.29) is 4.90 Å². The van der Waals surface area contributed by atoms with Gasteiger partial charge >= 0.3 is 0 Å². The average Bonchev–Trinajstić information content (AvgIpc) is 3.05. The van der Waals surface area contributed by atoms with Crippen LogP contribution in [0.2, 0.25) is 0 Å². The quantitative estimate of drug-likeness (QED) is 0.703. The molecule has 0 spiro atoms. The summed E-state index contributed by atoms with van der Waals surface area (Å²) in [6, 6.07) is 16.1. The molecule has 5 nitrogen and oxygen atoms in total. The van der Waals surface area contributed by atoms with Crippen molar-refractivity contribution in [2.75, 3.05) is 7.11 Å². The lowest BCUT2D eigenvalue weighted by Crippen LogP contribution is -2.13. The topological polar surface area (TPSA) is 82.5 Å². The lowest BCUT2D eigenvalue weighted by Gasteiger charge is -2.08. The van der Waals surface area contributed by atoms with Gasteiger partial charge in [-0.25, -0.2) is 13.6 Å². The molecule has 0 bridgehead atoms. The minimum absolute atomic E-state index is 0.0483. The number of hydrogen-bond acceptors (Lipinski definition) is 4. The van der Waals surface area contributed by atoms with E-state index in [2.05, 4.69) is 6.92 Å². The lowest BCUT2D eigenvalue weighted by atomic mass is 10.0. The summed E-state index contributed by atoms with van der Waals surface area (Å²) in [4.78, 5) is 0.0483.